The van der Waals surface area contributed by atoms with Crippen molar-refractivity contribution in [1.82, 2.24) is 4.90 Å². The molecule has 34 heavy (non-hydrogen) atoms. The highest BCUT2D eigenvalue weighted by molar-refractivity contribution is 6.30. The maximum absolute atomic E-state index is 12.8. The van der Waals surface area contributed by atoms with E-state index < -0.39 is 0 Å². The van der Waals surface area contributed by atoms with Crippen LogP contribution in [0.5, 0.6) is 5.75 Å². The third-order valence-electron chi connectivity index (χ3n) is 5.97. The minimum atomic E-state index is -0.205. The molecule has 0 spiro atoms. The summed E-state index contributed by atoms with van der Waals surface area (Å²) in [5.41, 5.74) is 8.74. The summed E-state index contributed by atoms with van der Waals surface area (Å²) in [6.07, 6.45) is 1.59. The van der Waals surface area contributed by atoms with Crippen LogP contribution in [0.1, 0.15) is 34.3 Å². The molecular weight excluding hydrogens is 450 g/mol. The second kappa shape index (κ2) is 11.2. The van der Waals surface area contributed by atoms with Gasteiger partial charge in [0, 0.05) is 28.7 Å². The number of halogens is 1. The van der Waals surface area contributed by atoms with Gasteiger partial charge in [-0.25, -0.2) is 0 Å². The summed E-state index contributed by atoms with van der Waals surface area (Å²) in [6, 6.07) is 22.4. The van der Waals surface area contributed by atoms with Crippen molar-refractivity contribution < 1.29 is 14.3 Å². The first-order valence-electron chi connectivity index (χ1n) is 11.4. The van der Waals surface area contributed by atoms with Crippen molar-refractivity contribution in [3.63, 3.8) is 0 Å². The van der Waals surface area contributed by atoms with Crippen molar-refractivity contribution in [2.24, 2.45) is 11.7 Å². The molecule has 0 atom stereocenters. The zero-order chi connectivity index (χ0) is 23.9. The van der Waals surface area contributed by atoms with Crippen molar-refractivity contribution in [2.75, 3.05) is 18.4 Å². The summed E-state index contributed by atoms with van der Waals surface area (Å²) >= 11 is 6.03. The molecule has 1 fully saturated rings. The molecule has 0 saturated carbocycles. The summed E-state index contributed by atoms with van der Waals surface area (Å²) in [5, 5.41) is 3.63. The van der Waals surface area contributed by atoms with E-state index in [9.17, 15) is 9.59 Å². The Kier molecular flexibility index (Phi) is 7.83. The largest absolute Gasteiger partial charge is 0.489 e. The molecule has 1 saturated heterocycles. The maximum atomic E-state index is 12.8. The number of nitrogens with one attached hydrogen (secondary N) is 1. The van der Waals surface area contributed by atoms with Gasteiger partial charge in [0.2, 0.25) is 5.91 Å². The number of rotatable bonds is 8. The number of nitrogens with two attached hydrogens (primary N) is 1. The molecule has 2 amide bonds. The van der Waals surface area contributed by atoms with Crippen LogP contribution < -0.4 is 15.8 Å². The number of likely N-dealkylation sites (tertiary alicyclic amines) is 1. The number of piperidine rings is 1. The zero-order valence-electron chi connectivity index (χ0n) is 18.9. The van der Waals surface area contributed by atoms with E-state index in [1.807, 2.05) is 54.6 Å². The number of ether oxygens (including phenoxy) is 1. The number of nitrogens with zero attached hydrogens (tertiary/aromatic N) is 1. The number of anilines is 1. The molecule has 0 bridgehead atoms. The number of amides is 2. The SMILES string of the molecule is NC(=O)C1CCN(Cc2cccc(NC(=O)c3cccc(OCc4cccc(Cl)c4)c3)c2)CC1. The van der Waals surface area contributed by atoms with E-state index in [1.165, 1.54) is 0 Å². The highest BCUT2D eigenvalue weighted by Crippen LogP contribution is 2.21. The molecule has 0 aliphatic carbocycles. The van der Waals surface area contributed by atoms with Crippen molar-refractivity contribution in [3.8, 4) is 5.75 Å². The number of carbonyl (C=O) groups is 2. The number of hydrogen-bond donors (Lipinski definition) is 2. The molecule has 3 aromatic rings. The van der Waals surface area contributed by atoms with Gasteiger partial charge in [-0.2, -0.15) is 0 Å². The standard InChI is InChI=1S/C27H28ClN3O3/c28-23-7-1-5-20(14-23)18-34-25-9-3-6-22(16-25)27(33)30-24-8-2-4-19(15-24)17-31-12-10-21(11-13-31)26(29)32/h1-9,14-16,21H,10-13,17-18H2,(H2,29,32)(H,30,33). The Hall–Kier alpha value is -3.35. The molecule has 6 nitrogen and oxygen atoms in total. The van der Waals surface area contributed by atoms with Crippen molar-refractivity contribution in [2.45, 2.75) is 26.0 Å². The predicted molar refractivity (Wildman–Crippen MR) is 134 cm³/mol. The predicted octanol–water partition coefficient (Wildman–Crippen LogP) is 4.87. The van der Waals surface area contributed by atoms with E-state index in [4.69, 9.17) is 22.1 Å². The first kappa shape index (κ1) is 23.8. The van der Waals surface area contributed by atoms with Crippen LogP contribution in [0.4, 0.5) is 5.69 Å². The van der Waals surface area contributed by atoms with Crippen LogP contribution >= 0.6 is 11.6 Å². The Morgan fingerprint density at radius 1 is 0.971 bits per heavy atom. The highest BCUT2D eigenvalue weighted by Gasteiger charge is 2.23. The number of carbonyl (C=O) groups excluding carboxylic acids is 2. The van der Waals surface area contributed by atoms with Gasteiger partial charge in [-0.1, -0.05) is 41.9 Å². The summed E-state index contributed by atoms with van der Waals surface area (Å²) in [5.74, 6) is 0.184. The van der Waals surface area contributed by atoms with Crippen molar-refractivity contribution in [1.29, 1.82) is 0 Å². The second-order valence-corrected chi connectivity index (χ2v) is 8.99. The van der Waals surface area contributed by atoms with Crippen LogP contribution in [0, 0.1) is 5.92 Å². The third-order valence-corrected chi connectivity index (χ3v) is 6.21. The van der Waals surface area contributed by atoms with Gasteiger partial charge in [0.05, 0.1) is 0 Å². The minimum Gasteiger partial charge on any atom is -0.489 e. The number of benzene rings is 3. The van der Waals surface area contributed by atoms with Gasteiger partial charge in [0.1, 0.15) is 12.4 Å². The van der Waals surface area contributed by atoms with E-state index in [1.54, 1.807) is 18.2 Å². The molecule has 7 heteroatoms. The first-order chi connectivity index (χ1) is 16.5. The van der Waals surface area contributed by atoms with Crippen molar-refractivity contribution in [3.05, 3.63) is 94.5 Å². The smallest absolute Gasteiger partial charge is 0.255 e. The van der Waals surface area contributed by atoms with Gasteiger partial charge in [-0.15, -0.1) is 0 Å². The molecule has 0 aromatic heterocycles. The van der Waals surface area contributed by atoms with Crippen LogP contribution in [0.3, 0.4) is 0 Å². The van der Waals surface area contributed by atoms with E-state index >= 15 is 0 Å². The van der Waals surface area contributed by atoms with Gasteiger partial charge in [-0.05, 0) is 79.5 Å². The highest BCUT2D eigenvalue weighted by atomic mass is 35.5. The lowest BCUT2D eigenvalue weighted by molar-refractivity contribution is -0.123. The van der Waals surface area contributed by atoms with Crippen molar-refractivity contribution >= 4 is 29.1 Å². The van der Waals surface area contributed by atoms with Gasteiger partial charge in [-0.3, -0.25) is 14.5 Å². The van der Waals surface area contributed by atoms with Crippen LogP contribution in [-0.2, 0) is 17.9 Å². The summed E-state index contributed by atoms with van der Waals surface area (Å²) < 4.78 is 5.84. The summed E-state index contributed by atoms with van der Waals surface area (Å²) in [4.78, 5) is 26.5. The van der Waals surface area contributed by atoms with Crippen LogP contribution in [-0.4, -0.2) is 29.8 Å². The fourth-order valence-electron chi connectivity index (χ4n) is 4.11. The molecule has 176 valence electrons. The van der Waals surface area contributed by atoms with Gasteiger partial charge in [0.25, 0.3) is 5.91 Å². The maximum Gasteiger partial charge on any atom is 0.255 e. The Bertz CT molecular complexity index is 1160. The van der Waals surface area contributed by atoms with E-state index in [-0.39, 0.29) is 17.7 Å². The average Bonchev–Trinajstić information content (AvgIpc) is 2.83. The lowest BCUT2D eigenvalue weighted by Crippen LogP contribution is -2.38. The summed E-state index contributed by atoms with van der Waals surface area (Å²) in [6.45, 7) is 2.81. The topological polar surface area (TPSA) is 84.7 Å². The Morgan fingerprint density at radius 2 is 1.71 bits per heavy atom. The molecule has 3 N–H and O–H groups in total. The molecule has 3 aromatic carbocycles. The monoisotopic (exact) mass is 477 g/mol. The Balaban J connectivity index is 1.34. The normalized spacial score (nSPS) is 14.5. The van der Waals surface area contributed by atoms with E-state index in [0.717, 1.165) is 49.3 Å². The Morgan fingerprint density at radius 3 is 2.47 bits per heavy atom. The van der Waals surface area contributed by atoms with Crippen LogP contribution in [0.25, 0.3) is 0 Å². The average molecular weight is 478 g/mol. The van der Waals surface area contributed by atoms with E-state index in [2.05, 4.69) is 10.2 Å². The summed E-state index contributed by atoms with van der Waals surface area (Å²) in [7, 11) is 0. The van der Waals surface area contributed by atoms with Gasteiger partial charge >= 0.3 is 0 Å². The fourth-order valence-corrected chi connectivity index (χ4v) is 4.32. The molecule has 1 heterocycles. The minimum absolute atomic E-state index is 0.0212. The molecule has 0 radical (unpaired) electrons. The lowest BCUT2D eigenvalue weighted by atomic mass is 9.96. The Labute approximate surface area is 204 Å². The third kappa shape index (κ3) is 6.59. The molecule has 1 aliphatic rings. The zero-order valence-corrected chi connectivity index (χ0v) is 19.6. The van der Waals surface area contributed by atoms with E-state index in [0.29, 0.717) is 22.9 Å². The number of primary amides is 1. The fraction of sp³-hybridized carbons (Fsp3) is 0.259. The van der Waals surface area contributed by atoms with Gasteiger partial charge < -0.3 is 15.8 Å². The van der Waals surface area contributed by atoms with Crippen LogP contribution in [0.15, 0.2) is 72.8 Å². The molecule has 0 unspecified atom stereocenters. The second-order valence-electron chi connectivity index (χ2n) is 8.55. The quantitative estimate of drug-likeness (QED) is 0.484. The van der Waals surface area contributed by atoms with Crippen LogP contribution in [0.2, 0.25) is 5.02 Å². The lowest BCUT2D eigenvalue weighted by Gasteiger charge is -2.30. The first-order valence-corrected chi connectivity index (χ1v) is 11.7. The molecule has 1 aliphatic heterocycles. The molecule has 4 rings (SSSR count). The van der Waals surface area contributed by atoms with Gasteiger partial charge in [0.15, 0.2) is 0 Å². The number of hydrogen-bond acceptors (Lipinski definition) is 4. The molecular formula is C27H28ClN3O3.